The molecule has 1 aliphatic carbocycles. The number of nitrogens with one attached hydrogen (secondary N) is 3. The summed E-state index contributed by atoms with van der Waals surface area (Å²) >= 11 is 0.878. The second kappa shape index (κ2) is 10.2. The number of hydrogen-bond acceptors (Lipinski definition) is 9. The molecule has 0 aromatic carbocycles. The van der Waals surface area contributed by atoms with Crippen molar-refractivity contribution in [3.63, 3.8) is 0 Å². The number of aromatic nitrogens is 3. The monoisotopic (exact) mass is 476 g/mol. The Balaban J connectivity index is 1.13. The SMILES string of the molecule is O=C1NC(=O)/C(=C/c2ccnc(N[C@H]3CC[C@H](NCc4cnccc4-c4ccoc4)CC3)n2)S1. The summed E-state index contributed by atoms with van der Waals surface area (Å²) in [5, 5.41) is 8.97. The van der Waals surface area contributed by atoms with E-state index in [0.717, 1.165) is 60.7 Å². The Kier molecular flexibility index (Phi) is 6.68. The molecule has 0 bridgehead atoms. The standard InChI is InChI=1S/C24H24N6O3S/c31-22-21(34-24(32)30-22)11-19-5-9-26-23(29-19)28-18-3-1-17(2-4-18)27-13-16-12-25-8-6-20(16)15-7-10-33-14-15/h5-12,14,17-18,27H,1-4,13H2,(H,26,28,29)(H,30,31,32)/b21-11-/t17-,18-. The van der Waals surface area contributed by atoms with E-state index in [-0.39, 0.29) is 11.3 Å². The van der Waals surface area contributed by atoms with Gasteiger partial charge in [0.2, 0.25) is 5.95 Å². The van der Waals surface area contributed by atoms with E-state index in [2.05, 4.69) is 30.9 Å². The minimum Gasteiger partial charge on any atom is -0.472 e. The molecule has 2 aliphatic rings. The first-order chi connectivity index (χ1) is 16.6. The highest BCUT2D eigenvalue weighted by Crippen LogP contribution is 2.27. The second-order valence-electron chi connectivity index (χ2n) is 8.28. The summed E-state index contributed by atoms with van der Waals surface area (Å²) in [5.74, 6) is 0.137. The van der Waals surface area contributed by atoms with Gasteiger partial charge < -0.3 is 15.1 Å². The number of rotatable bonds is 7. The Bertz CT molecular complexity index is 1200. The van der Waals surface area contributed by atoms with Gasteiger partial charge in [0.25, 0.3) is 11.1 Å². The molecule has 0 radical (unpaired) electrons. The molecule has 174 valence electrons. The van der Waals surface area contributed by atoms with Gasteiger partial charge in [-0.2, -0.15) is 0 Å². The minimum atomic E-state index is -0.392. The van der Waals surface area contributed by atoms with Crippen LogP contribution in [0.15, 0.2) is 58.6 Å². The largest absolute Gasteiger partial charge is 0.472 e. The lowest BCUT2D eigenvalue weighted by Gasteiger charge is -2.30. The first-order valence-corrected chi connectivity index (χ1v) is 12.0. The van der Waals surface area contributed by atoms with Crippen molar-refractivity contribution in [2.24, 2.45) is 0 Å². The molecule has 0 atom stereocenters. The number of carbonyl (C=O) groups excluding carboxylic acids is 2. The quantitative estimate of drug-likeness (QED) is 0.435. The van der Waals surface area contributed by atoms with Crippen LogP contribution in [0.25, 0.3) is 17.2 Å². The number of anilines is 1. The fourth-order valence-corrected chi connectivity index (χ4v) is 4.89. The summed E-state index contributed by atoms with van der Waals surface area (Å²) in [6.45, 7) is 0.755. The highest BCUT2D eigenvalue weighted by atomic mass is 32.2. The summed E-state index contributed by atoms with van der Waals surface area (Å²) in [5.41, 5.74) is 3.93. The van der Waals surface area contributed by atoms with Crippen molar-refractivity contribution in [2.75, 3.05) is 5.32 Å². The number of carbonyl (C=O) groups is 2. The Morgan fingerprint density at radius 3 is 2.74 bits per heavy atom. The molecule has 9 nitrogen and oxygen atoms in total. The molecule has 4 heterocycles. The topological polar surface area (TPSA) is 122 Å². The molecule has 3 aromatic rings. The molecule has 3 N–H and O–H groups in total. The number of amides is 2. The van der Waals surface area contributed by atoms with Crippen LogP contribution in [0.1, 0.15) is 36.9 Å². The van der Waals surface area contributed by atoms with Gasteiger partial charge in [-0.3, -0.25) is 19.9 Å². The second-order valence-corrected chi connectivity index (χ2v) is 9.29. The van der Waals surface area contributed by atoms with Crippen molar-refractivity contribution in [3.8, 4) is 11.1 Å². The van der Waals surface area contributed by atoms with Crippen LogP contribution in [0.2, 0.25) is 0 Å². The van der Waals surface area contributed by atoms with Gasteiger partial charge in [0, 0.05) is 42.8 Å². The normalized spacial score (nSPS) is 21.6. The maximum Gasteiger partial charge on any atom is 0.290 e. The van der Waals surface area contributed by atoms with Crippen LogP contribution in [0.5, 0.6) is 0 Å². The Morgan fingerprint density at radius 2 is 1.97 bits per heavy atom. The van der Waals surface area contributed by atoms with Crippen molar-refractivity contribution in [2.45, 2.75) is 44.3 Å². The molecule has 3 aromatic heterocycles. The summed E-state index contributed by atoms with van der Waals surface area (Å²) < 4.78 is 5.23. The number of imide groups is 1. The van der Waals surface area contributed by atoms with Crippen LogP contribution < -0.4 is 16.0 Å². The zero-order chi connectivity index (χ0) is 23.3. The summed E-state index contributed by atoms with van der Waals surface area (Å²) in [7, 11) is 0. The predicted octanol–water partition coefficient (Wildman–Crippen LogP) is 3.97. The highest BCUT2D eigenvalue weighted by Gasteiger charge is 2.25. The highest BCUT2D eigenvalue weighted by molar-refractivity contribution is 8.18. The van der Waals surface area contributed by atoms with E-state index in [4.69, 9.17) is 4.42 Å². The van der Waals surface area contributed by atoms with Gasteiger partial charge >= 0.3 is 0 Å². The van der Waals surface area contributed by atoms with Gasteiger partial charge in [0.15, 0.2) is 0 Å². The van der Waals surface area contributed by atoms with E-state index in [9.17, 15) is 9.59 Å². The maximum atomic E-state index is 11.8. The lowest BCUT2D eigenvalue weighted by molar-refractivity contribution is -0.115. The van der Waals surface area contributed by atoms with E-state index >= 15 is 0 Å². The van der Waals surface area contributed by atoms with E-state index in [0.29, 0.717) is 22.6 Å². The van der Waals surface area contributed by atoms with E-state index in [1.807, 2.05) is 18.3 Å². The minimum absolute atomic E-state index is 0.284. The molecule has 1 saturated carbocycles. The first kappa shape index (κ1) is 22.3. The molecule has 2 fully saturated rings. The smallest absolute Gasteiger partial charge is 0.290 e. The average Bonchev–Trinajstić information content (AvgIpc) is 3.49. The molecule has 1 aliphatic heterocycles. The van der Waals surface area contributed by atoms with Crippen LogP contribution in [0, 0.1) is 0 Å². The fourth-order valence-electron chi connectivity index (χ4n) is 4.22. The molecule has 34 heavy (non-hydrogen) atoms. The van der Waals surface area contributed by atoms with E-state index < -0.39 is 5.91 Å². The lowest BCUT2D eigenvalue weighted by atomic mass is 9.91. The molecule has 2 amide bonds. The lowest BCUT2D eigenvalue weighted by Crippen LogP contribution is -2.37. The molecule has 0 spiro atoms. The number of nitrogens with zero attached hydrogens (tertiary/aromatic N) is 3. The third-order valence-corrected chi connectivity index (χ3v) is 6.79. The predicted molar refractivity (Wildman–Crippen MR) is 130 cm³/mol. The van der Waals surface area contributed by atoms with Crippen LogP contribution in [0.3, 0.4) is 0 Å². The van der Waals surface area contributed by atoms with Gasteiger partial charge in [-0.25, -0.2) is 9.97 Å². The number of furan rings is 1. The summed E-state index contributed by atoms with van der Waals surface area (Å²) in [6.07, 6.45) is 14.5. The van der Waals surface area contributed by atoms with Gasteiger partial charge in [0.1, 0.15) is 0 Å². The number of thioether (sulfide) groups is 1. The van der Waals surface area contributed by atoms with Crippen molar-refractivity contribution in [1.82, 2.24) is 25.6 Å². The number of hydrogen-bond donors (Lipinski definition) is 3. The summed E-state index contributed by atoms with van der Waals surface area (Å²) in [6, 6.07) is 6.41. The Labute approximate surface area is 200 Å². The molecular formula is C24H24N6O3S. The fraction of sp³-hybridized carbons (Fsp3) is 0.292. The zero-order valence-electron chi connectivity index (χ0n) is 18.4. The van der Waals surface area contributed by atoms with Gasteiger partial charge in [0.05, 0.1) is 23.1 Å². The third-order valence-electron chi connectivity index (χ3n) is 5.98. The molecule has 10 heteroatoms. The van der Waals surface area contributed by atoms with E-state index in [1.54, 1.807) is 37.1 Å². The van der Waals surface area contributed by atoms with Gasteiger partial charge in [-0.15, -0.1) is 0 Å². The Hall–Kier alpha value is -3.50. The van der Waals surface area contributed by atoms with Crippen molar-refractivity contribution in [1.29, 1.82) is 0 Å². The van der Waals surface area contributed by atoms with Gasteiger partial charge in [-0.1, -0.05) is 0 Å². The molecule has 1 saturated heterocycles. The molecule has 5 rings (SSSR count). The van der Waals surface area contributed by atoms with Gasteiger partial charge in [-0.05, 0) is 72.8 Å². The van der Waals surface area contributed by atoms with Crippen molar-refractivity contribution in [3.05, 3.63) is 65.5 Å². The molecular weight excluding hydrogens is 452 g/mol. The zero-order valence-corrected chi connectivity index (χ0v) is 19.2. The van der Waals surface area contributed by atoms with Crippen LogP contribution in [-0.2, 0) is 11.3 Å². The molecule has 0 unspecified atom stereocenters. The Morgan fingerprint density at radius 1 is 1.12 bits per heavy atom. The first-order valence-electron chi connectivity index (χ1n) is 11.2. The van der Waals surface area contributed by atoms with Crippen LogP contribution in [0.4, 0.5) is 10.7 Å². The number of pyridine rings is 1. The maximum absolute atomic E-state index is 11.8. The average molecular weight is 477 g/mol. The van der Waals surface area contributed by atoms with Crippen LogP contribution in [-0.4, -0.2) is 38.2 Å². The van der Waals surface area contributed by atoms with Crippen molar-refractivity contribution < 1.29 is 14.0 Å². The summed E-state index contributed by atoms with van der Waals surface area (Å²) in [4.78, 5) is 36.5. The van der Waals surface area contributed by atoms with E-state index in [1.165, 1.54) is 0 Å². The third kappa shape index (κ3) is 5.35. The van der Waals surface area contributed by atoms with Crippen LogP contribution >= 0.6 is 11.8 Å². The van der Waals surface area contributed by atoms with Crippen molar-refractivity contribution >= 4 is 34.9 Å².